The predicted octanol–water partition coefficient (Wildman–Crippen LogP) is 7.01. The van der Waals surface area contributed by atoms with Gasteiger partial charge < -0.3 is 4.74 Å². The Labute approximate surface area is 258 Å². The lowest BCUT2D eigenvalue weighted by molar-refractivity contribution is 0.340. The number of aromatic nitrogens is 5. The van der Waals surface area contributed by atoms with E-state index in [1.807, 2.05) is 102 Å². The Morgan fingerprint density at radius 3 is 2.44 bits per heavy atom. The topological polar surface area (TPSA) is 74.3 Å². The molecule has 6 rings (SSSR count). The van der Waals surface area contributed by atoms with Gasteiger partial charge in [0.25, 0.3) is 5.56 Å². The van der Waals surface area contributed by atoms with E-state index < -0.39 is 0 Å². The summed E-state index contributed by atoms with van der Waals surface area (Å²) in [7, 11) is 0. The summed E-state index contributed by atoms with van der Waals surface area (Å²) in [4.78, 5) is 19.8. The molecule has 0 aliphatic heterocycles. The number of para-hydroxylation sites is 1. The lowest BCUT2D eigenvalue weighted by atomic mass is 10.1. The minimum atomic E-state index is -0.200. The molecule has 0 aliphatic carbocycles. The average molecular weight is 606 g/mol. The molecule has 9 heteroatoms. The van der Waals surface area contributed by atoms with Gasteiger partial charge in [-0.25, -0.2) is 4.68 Å². The van der Waals surface area contributed by atoms with E-state index in [4.69, 9.17) is 9.84 Å². The third-order valence-corrected chi connectivity index (χ3v) is 8.82. The van der Waals surface area contributed by atoms with Crippen LogP contribution in [-0.2, 0) is 0 Å². The van der Waals surface area contributed by atoms with E-state index in [0.29, 0.717) is 21.9 Å². The second kappa shape index (κ2) is 13.2. The molecule has 43 heavy (non-hydrogen) atoms. The summed E-state index contributed by atoms with van der Waals surface area (Å²) >= 11 is 3.19. The Morgan fingerprint density at radius 1 is 0.930 bits per heavy atom. The van der Waals surface area contributed by atoms with Crippen LogP contribution < -0.4 is 14.8 Å². The van der Waals surface area contributed by atoms with Crippen LogP contribution in [0.5, 0.6) is 5.75 Å². The van der Waals surface area contributed by atoms with E-state index in [9.17, 15) is 4.79 Å². The molecular weight excluding hydrogens is 575 g/mol. The molecule has 0 fully saturated rings. The van der Waals surface area contributed by atoms with E-state index in [2.05, 4.69) is 41.3 Å². The van der Waals surface area contributed by atoms with Gasteiger partial charge in [-0.15, -0.1) is 16.9 Å². The molecule has 6 aromatic rings. The third kappa shape index (κ3) is 6.63. The Hall–Kier alpha value is -4.47. The monoisotopic (exact) mass is 605 g/mol. The van der Waals surface area contributed by atoms with Crippen LogP contribution in [0.2, 0.25) is 0 Å². The fraction of sp³-hybridized carbons (Fsp3) is 0.176. The molecule has 3 aromatic heterocycles. The third-order valence-electron chi connectivity index (χ3n) is 6.76. The van der Waals surface area contributed by atoms with E-state index in [1.165, 1.54) is 33.6 Å². The van der Waals surface area contributed by atoms with Gasteiger partial charge in [-0.1, -0.05) is 73.2 Å². The highest BCUT2D eigenvalue weighted by molar-refractivity contribution is 7.99. The lowest BCUT2D eigenvalue weighted by Gasteiger charge is -2.03. The molecule has 0 atom stereocenters. The number of ether oxygens (including phenoxy) is 1. The SMILES string of the molecule is CCCCSc1ccc(-c2nn(-c3ccccc3)cc2/C=c2\sc3nc(/C=C/c4ccc(OCC)cc4)nn3c2=O)cc1. The van der Waals surface area contributed by atoms with Crippen molar-refractivity contribution in [3.8, 4) is 22.7 Å². The summed E-state index contributed by atoms with van der Waals surface area (Å²) in [5, 5.41) is 9.39. The average Bonchev–Trinajstić information content (AvgIpc) is 3.72. The van der Waals surface area contributed by atoms with E-state index >= 15 is 0 Å². The first-order chi connectivity index (χ1) is 21.1. The van der Waals surface area contributed by atoms with Gasteiger partial charge in [0.1, 0.15) is 5.75 Å². The van der Waals surface area contributed by atoms with Crippen molar-refractivity contribution in [2.24, 2.45) is 0 Å². The van der Waals surface area contributed by atoms with Crippen molar-refractivity contribution >= 4 is 46.3 Å². The Kier molecular flexibility index (Phi) is 8.81. The van der Waals surface area contributed by atoms with Gasteiger partial charge in [-0.3, -0.25) is 4.79 Å². The molecule has 0 unspecified atom stereocenters. The molecule has 3 aromatic carbocycles. The van der Waals surface area contributed by atoms with Crippen LogP contribution in [0.4, 0.5) is 0 Å². The second-order valence-corrected chi connectivity index (χ2v) is 12.0. The minimum Gasteiger partial charge on any atom is -0.494 e. The van der Waals surface area contributed by atoms with Crippen LogP contribution in [0, 0.1) is 0 Å². The van der Waals surface area contributed by atoms with Crippen molar-refractivity contribution in [1.29, 1.82) is 0 Å². The van der Waals surface area contributed by atoms with Gasteiger partial charge in [-0.2, -0.15) is 14.6 Å². The van der Waals surface area contributed by atoms with Gasteiger partial charge in [0.2, 0.25) is 4.96 Å². The molecule has 0 spiro atoms. The zero-order valence-electron chi connectivity index (χ0n) is 24.0. The number of fused-ring (bicyclic) bond motifs is 1. The van der Waals surface area contributed by atoms with Crippen LogP contribution in [0.1, 0.15) is 43.6 Å². The lowest BCUT2D eigenvalue weighted by Crippen LogP contribution is -2.23. The van der Waals surface area contributed by atoms with E-state index in [0.717, 1.165) is 39.6 Å². The summed E-state index contributed by atoms with van der Waals surface area (Å²) in [5.74, 6) is 2.42. The smallest absolute Gasteiger partial charge is 0.291 e. The van der Waals surface area contributed by atoms with Crippen LogP contribution >= 0.6 is 23.1 Å². The molecule has 216 valence electrons. The quantitative estimate of drug-likeness (QED) is 0.117. The highest BCUT2D eigenvalue weighted by Gasteiger charge is 2.14. The number of hydrogen-bond donors (Lipinski definition) is 0. The molecule has 0 radical (unpaired) electrons. The summed E-state index contributed by atoms with van der Waals surface area (Å²) < 4.78 is 9.29. The van der Waals surface area contributed by atoms with E-state index in [-0.39, 0.29) is 5.56 Å². The maximum atomic E-state index is 13.4. The minimum absolute atomic E-state index is 0.200. The van der Waals surface area contributed by atoms with Crippen LogP contribution in [0.25, 0.3) is 40.1 Å². The molecule has 0 saturated heterocycles. The first kappa shape index (κ1) is 28.6. The van der Waals surface area contributed by atoms with Gasteiger partial charge >= 0.3 is 0 Å². The first-order valence-corrected chi connectivity index (χ1v) is 16.1. The van der Waals surface area contributed by atoms with Gasteiger partial charge in [0.05, 0.1) is 22.5 Å². The maximum absolute atomic E-state index is 13.4. The maximum Gasteiger partial charge on any atom is 0.291 e. The molecule has 7 nitrogen and oxygen atoms in total. The molecule has 3 heterocycles. The van der Waals surface area contributed by atoms with Crippen molar-refractivity contribution in [3.05, 3.63) is 117 Å². The van der Waals surface area contributed by atoms with Gasteiger partial charge in [0.15, 0.2) is 5.82 Å². The van der Waals surface area contributed by atoms with Crippen molar-refractivity contribution in [3.63, 3.8) is 0 Å². The zero-order valence-corrected chi connectivity index (χ0v) is 25.6. The van der Waals surface area contributed by atoms with Crippen molar-refractivity contribution in [2.45, 2.75) is 31.6 Å². The second-order valence-electron chi connectivity index (χ2n) is 9.86. The Balaban J connectivity index is 1.32. The fourth-order valence-electron chi connectivity index (χ4n) is 4.55. The molecule has 0 saturated carbocycles. The normalized spacial score (nSPS) is 12.1. The summed E-state index contributed by atoms with van der Waals surface area (Å²) in [5.41, 5.74) is 4.40. The summed E-state index contributed by atoms with van der Waals surface area (Å²) in [6, 6.07) is 26.3. The van der Waals surface area contributed by atoms with Gasteiger partial charge in [0, 0.05) is 22.2 Å². The Bertz CT molecular complexity index is 1960. The highest BCUT2D eigenvalue weighted by atomic mass is 32.2. The first-order valence-electron chi connectivity index (χ1n) is 14.3. The van der Waals surface area contributed by atoms with Crippen molar-refractivity contribution in [2.75, 3.05) is 12.4 Å². The predicted molar refractivity (Wildman–Crippen MR) is 177 cm³/mol. The van der Waals surface area contributed by atoms with Crippen LogP contribution in [-0.4, -0.2) is 36.7 Å². The fourth-order valence-corrected chi connectivity index (χ4v) is 6.45. The largest absolute Gasteiger partial charge is 0.494 e. The zero-order chi connectivity index (χ0) is 29.6. The molecule has 0 bridgehead atoms. The summed E-state index contributed by atoms with van der Waals surface area (Å²) in [6.45, 7) is 4.80. The molecule has 0 aliphatic rings. The van der Waals surface area contributed by atoms with E-state index in [1.54, 1.807) is 0 Å². The number of unbranched alkanes of at least 4 members (excludes halogenated alkanes) is 1. The molecular formula is C34H31N5O2S2. The standard InChI is InChI=1S/C34H31N5O2S2/c1-3-5-21-42-29-18-14-25(15-19-29)32-26(23-38(37-32)27-9-7-6-8-10-27)22-30-33(40)39-34(43-30)35-31(36-39)20-13-24-11-16-28(17-12-24)41-4-2/h6-20,22-23H,3-5,21H2,1-2H3/b20-13+,30-22-. The summed E-state index contributed by atoms with van der Waals surface area (Å²) in [6.07, 6.45) is 9.98. The number of hydrogen-bond acceptors (Lipinski definition) is 7. The number of thioether (sulfide) groups is 1. The number of nitrogens with zero attached hydrogens (tertiary/aromatic N) is 5. The Morgan fingerprint density at radius 2 is 1.72 bits per heavy atom. The number of rotatable bonds is 11. The van der Waals surface area contributed by atoms with Crippen molar-refractivity contribution in [1.82, 2.24) is 24.4 Å². The highest BCUT2D eigenvalue weighted by Crippen LogP contribution is 2.28. The molecule has 0 amide bonds. The van der Waals surface area contributed by atoms with Crippen LogP contribution in [0.3, 0.4) is 0 Å². The number of thiazole rings is 1. The van der Waals surface area contributed by atoms with Crippen LogP contribution in [0.15, 0.2) is 94.7 Å². The van der Waals surface area contributed by atoms with Crippen molar-refractivity contribution < 1.29 is 4.74 Å². The number of benzene rings is 3. The van der Waals surface area contributed by atoms with Gasteiger partial charge in [-0.05, 0) is 73.2 Å². The molecule has 0 N–H and O–H groups in total.